The first-order valence-corrected chi connectivity index (χ1v) is 7.76. The Morgan fingerprint density at radius 1 is 1.25 bits per heavy atom. The highest BCUT2D eigenvalue weighted by Gasteiger charge is 2.40. The lowest BCUT2D eigenvalue weighted by Crippen LogP contribution is -2.21. The van der Waals surface area contributed by atoms with Crippen LogP contribution in [0.4, 0.5) is 14.5 Å². The number of fused-ring (bicyclic) bond motifs is 2. The van der Waals surface area contributed by atoms with Gasteiger partial charge in [-0.25, -0.2) is 8.78 Å². The third-order valence-corrected chi connectivity index (χ3v) is 5.06. The van der Waals surface area contributed by atoms with E-state index in [0.29, 0.717) is 22.7 Å². The normalized spacial score (nSPS) is 27.9. The van der Waals surface area contributed by atoms with E-state index >= 15 is 0 Å². The number of hydrogen-bond donors (Lipinski definition) is 1. The standard InChI is InChI=1S/C15H16BrF2NO/c16-11-6-12(17)15(13(18)7-11)19-14(20)5-10-4-8-1-2-9(10)3-8/h6-10H,1-5H2,(H,19,20). The van der Waals surface area contributed by atoms with E-state index in [0.717, 1.165) is 24.5 Å². The van der Waals surface area contributed by atoms with Crippen LogP contribution in [-0.2, 0) is 4.79 Å². The van der Waals surface area contributed by atoms with E-state index in [9.17, 15) is 13.6 Å². The van der Waals surface area contributed by atoms with Gasteiger partial charge >= 0.3 is 0 Å². The molecule has 2 aliphatic rings. The van der Waals surface area contributed by atoms with Gasteiger partial charge in [-0.3, -0.25) is 4.79 Å². The van der Waals surface area contributed by atoms with Gasteiger partial charge in [-0.2, -0.15) is 0 Å². The second-order valence-corrected chi connectivity index (χ2v) is 6.85. The SMILES string of the molecule is O=C(CC1CC2CCC1C2)Nc1c(F)cc(Br)cc1F. The predicted octanol–water partition coefficient (Wildman–Crippen LogP) is 4.49. The van der Waals surface area contributed by atoms with E-state index < -0.39 is 11.6 Å². The molecule has 0 spiro atoms. The van der Waals surface area contributed by atoms with Gasteiger partial charge in [0.2, 0.25) is 5.91 Å². The quantitative estimate of drug-likeness (QED) is 0.860. The van der Waals surface area contributed by atoms with Gasteiger partial charge in [-0.1, -0.05) is 22.4 Å². The van der Waals surface area contributed by atoms with Crippen LogP contribution >= 0.6 is 15.9 Å². The average Bonchev–Trinajstić information content (AvgIpc) is 2.95. The van der Waals surface area contributed by atoms with Crippen LogP contribution in [-0.4, -0.2) is 5.91 Å². The summed E-state index contributed by atoms with van der Waals surface area (Å²) in [6.45, 7) is 0. The number of carbonyl (C=O) groups excluding carboxylic acids is 1. The Morgan fingerprint density at radius 2 is 1.95 bits per heavy atom. The van der Waals surface area contributed by atoms with Crippen LogP contribution in [0, 0.1) is 29.4 Å². The zero-order chi connectivity index (χ0) is 14.3. The van der Waals surface area contributed by atoms with E-state index in [1.165, 1.54) is 19.3 Å². The second-order valence-electron chi connectivity index (χ2n) is 5.93. The predicted molar refractivity (Wildman–Crippen MR) is 76.2 cm³/mol. The summed E-state index contributed by atoms with van der Waals surface area (Å²) in [7, 11) is 0. The maximum Gasteiger partial charge on any atom is 0.224 e. The number of halogens is 3. The van der Waals surface area contributed by atoms with Crippen molar-refractivity contribution in [2.75, 3.05) is 5.32 Å². The molecule has 2 aliphatic carbocycles. The Balaban J connectivity index is 1.65. The lowest BCUT2D eigenvalue weighted by atomic mass is 9.86. The largest absolute Gasteiger partial charge is 0.321 e. The zero-order valence-corrected chi connectivity index (χ0v) is 12.6. The fourth-order valence-corrected chi connectivity index (χ4v) is 4.12. The molecule has 2 bridgehead atoms. The Labute approximate surface area is 125 Å². The Kier molecular flexibility index (Phi) is 3.80. The molecule has 0 heterocycles. The van der Waals surface area contributed by atoms with Crippen LogP contribution in [0.25, 0.3) is 0 Å². The molecule has 0 aromatic heterocycles. The smallest absolute Gasteiger partial charge is 0.224 e. The lowest BCUT2D eigenvalue weighted by molar-refractivity contribution is -0.117. The number of benzene rings is 1. The van der Waals surface area contributed by atoms with Gasteiger partial charge < -0.3 is 5.32 Å². The highest BCUT2D eigenvalue weighted by molar-refractivity contribution is 9.10. The molecule has 108 valence electrons. The molecule has 0 saturated heterocycles. The Bertz CT molecular complexity index is 526. The minimum atomic E-state index is -0.752. The van der Waals surface area contributed by atoms with Crippen LogP contribution in [0.1, 0.15) is 32.1 Å². The summed E-state index contributed by atoms with van der Waals surface area (Å²) in [5.41, 5.74) is -0.346. The molecule has 20 heavy (non-hydrogen) atoms. The van der Waals surface area contributed by atoms with Crippen LogP contribution in [0.5, 0.6) is 0 Å². The van der Waals surface area contributed by atoms with Crippen molar-refractivity contribution < 1.29 is 13.6 Å². The molecule has 2 fully saturated rings. The van der Waals surface area contributed by atoms with Crippen molar-refractivity contribution in [3.05, 3.63) is 28.2 Å². The van der Waals surface area contributed by atoms with Crippen molar-refractivity contribution in [2.45, 2.75) is 32.1 Å². The van der Waals surface area contributed by atoms with Gasteiger partial charge in [0.05, 0.1) is 0 Å². The highest BCUT2D eigenvalue weighted by Crippen LogP contribution is 2.49. The fraction of sp³-hybridized carbons (Fsp3) is 0.533. The van der Waals surface area contributed by atoms with Crippen molar-refractivity contribution in [2.24, 2.45) is 17.8 Å². The first kappa shape index (κ1) is 14.0. The first-order valence-electron chi connectivity index (χ1n) is 6.97. The van der Waals surface area contributed by atoms with E-state index in [1.807, 2.05) is 0 Å². The summed E-state index contributed by atoms with van der Waals surface area (Å²) in [6, 6.07) is 2.30. The van der Waals surface area contributed by atoms with E-state index in [4.69, 9.17) is 0 Å². The van der Waals surface area contributed by atoms with Crippen molar-refractivity contribution in [1.29, 1.82) is 0 Å². The summed E-state index contributed by atoms with van der Waals surface area (Å²) in [5.74, 6) is -0.0151. The van der Waals surface area contributed by atoms with E-state index in [1.54, 1.807) is 0 Å². The number of nitrogens with one attached hydrogen (secondary N) is 1. The Morgan fingerprint density at radius 3 is 2.50 bits per heavy atom. The summed E-state index contributed by atoms with van der Waals surface area (Å²) in [5, 5.41) is 2.38. The van der Waals surface area contributed by atoms with E-state index in [2.05, 4.69) is 21.2 Å². The molecule has 1 N–H and O–H groups in total. The number of carbonyl (C=O) groups is 1. The van der Waals surface area contributed by atoms with Crippen LogP contribution < -0.4 is 5.32 Å². The van der Waals surface area contributed by atoms with Gasteiger partial charge in [0, 0.05) is 10.9 Å². The number of hydrogen-bond acceptors (Lipinski definition) is 1. The Hall–Kier alpha value is -0.970. The van der Waals surface area contributed by atoms with Crippen LogP contribution in [0.2, 0.25) is 0 Å². The molecule has 3 rings (SSSR count). The van der Waals surface area contributed by atoms with Crippen molar-refractivity contribution in [3.63, 3.8) is 0 Å². The highest BCUT2D eigenvalue weighted by atomic mass is 79.9. The van der Waals surface area contributed by atoms with Crippen molar-refractivity contribution >= 4 is 27.5 Å². The molecule has 3 atom stereocenters. The topological polar surface area (TPSA) is 29.1 Å². The van der Waals surface area contributed by atoms with Gasteiger partial charge in [0.1, 0.15) is 5.69 Å². The van der Waals surface area contributed by atoms with Gasteiger partial charge in [0.15, 0.2) is 11.6 Å². The number of amides is 1. The van der Waals surface area contributed by atoms with Crippen LogP contribution in [0.15, 0.2) is 16.6 Å². The summed E-state index contributed by atoms with van der Waals surface area (Å²) >= 11 is 3.01. The summed E-state index contributed by atoms with van der Waals surface area (Å²) in [6.07, 6.45) is 5.15. The molecule has 0 radical (unpaired) electrons. The number of anilines is 1. The molecule has 1 amide bonds. The minimum absolute atomic E-state index is 0.289. The third-order valence-electron chi connectivity index (χ3n) is 4.60. The van der Waals surface area contributed by atoms with Gasteiger partial charge in [-0.15, -0.1) is 0 Å². The van der Waals surface area contributed by atoms with Gasteiger partial charge in [0.25, 0.3) is 0 Å². The molecular formula is C15H16BrF2NO. The summed E-state index contributed by atoms with van der Waals surface area (Å²) in [4.78, 5) is 12.0. The maximum atomic E-state index is 13.7. The molecule has 1 aromatic rings. The first-order chi connectivity index (χ1) is 9.52. The van der Waals surface area contributed by atoms with Gasteiger partial charge in [-0.05, 0) is 49.1 Å². The minimum Gasteiger partial charge on any atom is -0.321 e. The monoisotopic (exact) mass is 343 g/mol. The van der Waals surface area contributed by atoms with E-state index in [-0.39, 0.29) is 11.6 Å². The third kappa shape index (κ3) is 2.73. The maximum absolute atomic E-state index is 13.7. The molecule has 2 saturated carbocycles. The zero-order valence-electron chi connectivity index (χ0n) is 11.0. The van der Waals surface area contributed by atoms with Crippen LogP contribution in [0.3, 0.4) is 0 Å². The average molecular weight is 344 g/mol. The van der Waals surface area contributed by atoms with Crippen molar-refractivity contribution in [3.8, 4) is 0 Å². The molecular weight excluding hydrogens is 328 g/mol. The molecule has 2 nitrogen and oxygen atoms in total. The summed E-state index contributed by atoms with van der Waals surface area (Å²) < 4.78 is 27.6. The molecule has 1 aromatic carbocycles. The molecule has 3 unspecified atom stereocenters. The second kappa shape index (κ2) is 5.43. The lowest BCUT2D eigenvalue weighted by Gasteiger charge is -2.21. The number of rotatable bonds is 3. The molecule has 5 heteroatoms. The molecule has 0 aliphatic heterocycles. The van der Waals surface area contributed by atoms with Crippen molar-refractivity contribution in [1.82, 2.24) is 0 Å². The fourth-order valence-electron chi connectivity index (χ4n) is 3.72.